The lowest BCUT2D eigenvalue weighted by Gasteiger charge is -2.31. The molecule has 3 heterocycles. The van der Waals surface area contributed by atoms with Gasteiger partial charge >= 0.3 is 0 Å². The van der Waals surface area contributed by atoms with E-state index >= 15 is 0 Å². The van der Waals surface area contributed by atoms with E-state index in [1.54, 1.807) is 11.8 Å². The minimum Gasteiger partial charge on any atom is -0.497 e. The van der Waals surface area contributed by atoms with E-state index in [0.717, 1.165) is 28.2 Å². The molecule has 152 valence electrons. The molecule has 1 N–H and O–H groups in total. The Labute approximate surface area is 173 Å². The Balaban J connectivity index is 1.57. The standard InChI is InChI=1S/C22H21N5O3/c1-30-16-9-7-15(8-10-16)18-13-17(14-5-3-2-4-6-14)23-21-24-22(25-27(18)21)26-19(28)11-12-20(26)29/h2-10,17-18H,11-13H2,1H3,(H,23,24,25)/t17-,18+/m0/s1. The Morgan fingerprint density at radius 3 is 2.33 bits per heavy atom. The second-order valence-corrected chi connectivity index (χ2v) is 7.44. The van der Waals surface area contributed by atoms with Crippen LogP contribution in [0.3, 0.4) is 0 Å². The van der Waals surface area contributed by atoms with E-state index in [9.17, 15) is 9.59 Å². The highest BCUT2D eigenvalue weighted by atomic mass is 16.5. The van der Waals surface area contributed by atoms with Gasteiger partial charge in [-0.05, 0) is 29.7 Å². The molecule has 5 rings (SSSR count). The van der Waals surface area contributed by atoms with Crippen molar-refractivity contribution in [3.8, 4) is 5.75 Å². The molecular weight excluding hydrogens is 382 g/mol. The van der Waals surface area contributed by atoms with E-state index in [0.29, 0.717) is 5.95 Å². The van der Waals surface area contributed by atoms with Crippen molar-refractivity contribution in [3.05, 3.63) is 65.7 Å². The summed E-state index contributed by atoms with van der Waals surface area (Å²) < 4.78 is 7.06. The normalized spacial score (nSPS) is 20.8. The van der Waals surface area contributed by atoms with Crippen molar-refractivity contribution in [1.82, 2.24) is 14.8 Å². The van der Waals surface area contributed by atoms with E-state index in [1.807, 2.05) is 42.5 Å². The predicted molar refractivity (Wildman–Crippen MR) is 110 cm³/mol. The van der Waals surface area contributed by atoms with Gasteiger partial charge in [0.15, 0.2) is 0 Å². The van der Waals surface area contributed by atoms with Gasteiger partial charge in [0.05, 0.1) is 19.2 Å². The number of nitrogens with one attached hydrogen (secondary N) is 1. The quantitative estimate of drug-likeness (QED) is 0.674. The summed E-state index contributed by atoms with van der Waals surface area (Å²) in [5.74, 6) is 0.933. The van der Waals surface area contributed by atoms with E-state index in [2.05, 4.69) is 27.5 Å². The van der Waals surface area contributed by atoms with Gasteiger partial charge in [0.1, 0.15) is 5.75 Å². The number of amides is 2. The van der Waals surface area contributed by atoms with Crippen LogP contribution in [0.1, 0.15) is 42.5 Å². The molecule has 8 heteroatoms. The fraction of sp³-hybridized carbons (Fsp3) is 0.273. The van der Waals surface area contributed by atoms with Crippen molar-refractivity contribution in [2.75, 3.05) is 17.3 Å². The maximum atomic E-state index is 12.2. The molecule has 0 spiro atoms. The van der Waals surface area contributed by atoms with E-state index in [-0.39, 0.29) is 42.7 Å². The number of hydrogen-bond donors (Lipinski definition) is 1. The molecule has 30 heavy (non-hydrogen) atoms. The van der Waals surface area contributed by atoms with Gasteiger partial charge in [-0.25, -0.2) is 9.58 Å². The van der Waals surface area contributed by atoms with Crippen molar-refractivity contribution in [2.24, 2.45) is 0 Å². The Kier molecular flexibility index (Phi) is 4.46. The number of hydrogen-bond acceptors (Lipinski definition) is 6. The topological polar surface area (TPSA) is 89.3 Å². The van der Waals surface area contributed by atoms with Gasteiger partial charge < -0.3 is 10.1 Å². The van der Waals surface area contributed by atoms with Crippen LogP contribution in [-0.2, 0) is 9.59 Å². The first kappa shape index (κ1) is 18.4. The molecule has 1 saturated heterocycles. The van der Waals surface area contributed by atoms with Crippen molar-refractivity contribution in [3.63, 3.8) is 0 Å². The molecule has 2 aliphatic heterocycles. The van der Waals surface area contributed by atoms with Crippen LogP contribution in [0.4, 0.5) is 11.9 Å². The zero-order valence-electron chi connectivity index (χ0n) is 16.5. The third-order valence-electron chi connectivity index (χ3n) is 5.63. The molecule has 2 atom stereocenters. The summed E-state index contributed by atoms with van der Waals surface area (Å²) in [6.45, 7) is 0. The van der Waals surface area contributed by atoms with E-state index in [1.165, 1.54) is 0 Å². The fourth-order valence-corrected chi connectivity index (χ4v) is 4.07. The minimum atomic E-state index is -0.261. The lowest BCUT2D eigenvalue weighted by molar-refractivity contribution is -0.121. The van der Waals surface area contributed by atoms with Crippen LogP contribution < -0.4 is 15.0 Å². The molecule has 0 bridgehead atoms. The second-order valence-electron chi connectivity index (χ2n) is 7.44. The van der Waals surface area contributed by atoms with Crippen molar-refractivity contribution < 1.29 is 14.3 Å². The lowest BCUT2D eigenvalue weighted by Crippen LogP contribution is -2.30. The second kappa shape index (κ2) is 7.29. The first-order valence-corrected chi connectivity index (χ1v) is 9.92. The third kappa shape index (κ3) is 3.10. The van der Waals surface area contributed by atoms with Crippen molar-refractivity contribution in [1.29, 1.82) is 0 Å². The molecule has 0 aliphatic carbocycles. The van der Waals surface area contributed by atoms with Crippen LogP contribution in [-0.4, -0.2) is 33.7 Å². The van der Waals surface area contributed by atoms with Gasteiger partial charge in [-0.1, -0.05) is 42.5 Å². The molecule has 8 nitrogen and oxygen atoms in total. The first-order chi connectivity index (χ1) is 14.6. The average Bonchev–Trinajstić information content (AvgIpc) is 3.35. The minimum absolute atomic E-state index is 0.0211. The summed E-state index contributed by atoms with van der Waals surface area (Å²) in [7, 11) is 1.64. The third-order valence-corrected chi connectivity index (χ3v) is 5.63. The average molecular weight is 403 g/mol. The Bertz CT molecular complexity index is 1080. The van der Waals surface area contributed by atoms with Gasteiger partial charge in [0, 0.05) is 12.8 Å². The lowest BCUT2D eigenvalue weighted by atomic mass is 9.93. The smallest absolute Gasteiger partial charge is 0.260 e. The highest BCUT2D eigenvalue weighted by Crippen LogP contribution is 2.39. The summed E-state index contributed by atoms with van der Waals surface area (Å²) in [6, 6.07) is 17.9. The monoisotopic (exact) mass is 403 g/mol. The van der Waals surface area contributed by atoms with Crippen LogP contribution in [0.15, 0.2) is 54.6 Å². The molecular formula is C22H21N5O3. The first-order valence-electron chi connectivity index (χ1n) is 9.92. The fourth-order valence-electron chi connectivity index (χ4n) is 4.07. The molecule has 0 unspecified atom stereocenters. The summed E-state index contributed by atoms with van der Waals surface area (Å²) in [6.07, 6.45) is 1.14. The molecule has 2 amide bonds. The highest BCUT2D eigenvalue weighted by molar-refractivity contribution is 6.18. The number of carbonyl (C=O) groups excluding carboxylic acids is 2. The summed E-state index contributed by atoms with van der Waals surface area (Å²) in [4.78, 5) is 30.0. The van der Waals surface area contributed by atoms with Crippen molar-refractivity contribution >= 4 is 23.7 Å². The Morgan fingerprint density at radius 2 is 1.67 bits per heavy atom. The van der Waals surface area contributed by atoms with Crippen LogP contribution in [0, 0.1) is 0 Å². The molecule has 2 aliphatic rings. The van der Waals surface area contributed by atoms with Crippen LogP contribution in [0.2, 0.25) is 0 Å². The number of carbonyl (C=O) groups is 2. The maximum Gasteiger partial charge on any atom is 0.260 e. The van der Waals surface area contributed by atoms with Crippen LogP contribution >= 0.6 is 0 Å². The number of methoxy groups -OCH3 is 1. The number of ether oxygens (including phenoxy) is 1. The molecule has 3 aromatic rings. The molecule has 1 aromatic heterocycles. The number of benzene rings is 2. The van der Waals surface area contributed by atoms with Gasteiger partial charge in [-0.2, -0.15) is 4.98 Å². The van der Waals surface area contributed by atoms with Crippen LogP contribution in [0.25, 0.3) is 0 Å². The van der Waals surface area contributed by atoms with Gasteiger partial charge in [-0.3, -0.25) is 9.59 Å². The SMILES string of the molecule is COc1ccc([C@H]2C[C@@H](c3ccccc3)Nc3nc(N4C(=O)CCC4=O)nn32)cc1. The van der Waals surface area contributed by atoms with E-state index in [4.69, 9.17) is 4.74 Å². The number of anilines is 2. The number of rotatable bonds is 4. The van der Waals surface area contributed by atoms with Gasteiger partial charge in [-0.15, -0.1) is 5.10 Å². The summed E-state index contributed by atoms with van der Waals surface area (Å²) >= 11 is 0. The van der Waals surface area contributed by atoms with Crippen molar-refractivity contribution in [2.45, 2.75) is 31.3 Å². The molecule has 0 saturated carbocycles. The van der Waals surface area contributed by atoms with Gasteiger partial charge in [0.2, 0.25) is 17.8 Å². The number of fused-ring (bicyclic) bond motifs is 1. The Hall–Kier alpha value is -3.68. The molecule has 0 radical (unpaired) electrons. The molecule has 2 aromatic carbocycles. The number of nitrogens with zero attached hydrogens (tertiary/aromatic N) is 4. The largest absolute Gasteiger partial charge is 0.497 e. The predicted octanol–water partition coefficient (Wildman–Crippen LogP) is 3.09. The highest BCUT2D eigenvalue weighted by Gasteiger charge is 2.37. The Morgan fingerprint density at radius 1 is 0.967 bits per heavy atom. The zero-order valence-corrected chi connectivity index (χ0v) is 16.5. The summed E-state index contributed by atoms with van der Waals surface area (Å²) in [5.41, 5.74) is 2.19. The summed E-state index contributed by atoms with van der Waals surface area (Å²) in [5, 5.41) is 7.98. The number of aromatic nitrogens is 3. The zero-order chi connectivity index (χ0) is 20.7. The molecule has 1 fully saturated rings. The van der Waals surface area contributed by atoms with Crippen LogP contribution in [0.5, 0.6) is 5.75 Å². The maximum absolute atomic E-state index is 12.2. The van der Waals surface area contributed by atoms with E-state index < -0.39 is 0 Å². The van der Waals surface area contributed by atoms with Gasteiger partial charge in [0.25, 0.3) is 5.95 Å². The number of imide groups is 1.